The summed E-state index contributed by atoms with van der Waals surface area (Å²) in [5.74, 6) is -0.0122. The summed E-state index contributed by atoms with van der Waals surface area (Å²) in [6.07, 6.45) is 0. The fourth-order valence-electron chi connectivity index (χ4n) is 1.48. The minimum absolute atomic E-state index is 0.0122. The topological polar surface area (TPSA) is 41.1 Å². The predicted molar refractivity (Wildman–Crippen MR) is 62.4 cm³/mol. The lowest BCUT2D eigenvalue weighted by Crippen LogP contribution is -2.34. The molecule has 0 saturated heterocycles. The second-order valence-corrected chi connectivity index (χ2v) is 4.76. The number of hydrogen-bond acceptors (Lipinski definition) is 2. The van der Waals surface area contributed by atoms with Gasteiger partial charge in [0.05, 0.1) is 21.8 Å². The van der Waals surface area contributed by atoms with Gasteiger partial charge in [0, 0.05) is 6.54 Å². The molecule has 1 aliphatic rings. The maximum absolute atomic E-state index is 11.8. The lowest BCUT2D eigenvalue weighted by molar-refractivity contribution is -0.123. The minimum atomic E-state index is -0.428. The van der Waals surface area contributed by atoms with Crippen LogP contribution in [0.1, 0.15) is 13.8 Å². The van der Waals surface area contributed by atoms with Gasteiger partial charge in [-0.1, -0.05) is 17.7 Å². The summed E-state index contributed by atoms with van der Waals surface area (Å²) in [5, 5.41) is 6.63. The Labute approximate surface area is 93.8 Å². The van der Waals surface area contributed by atoms with Gasteiger partial charge < -0.3 is 10.6 Å². The van der Waals surface area contributed by atoms with Crippen LogP contribution < -0.4 is 10.6 Å². The largest absolute Gasteiger partial charge is 0.382 e. The molecule has 4 heteroatoms. The second kappa shape index (κ2) is 3.42. The highest BCUT2D eigenvalue weighted by Gasteiger charge is 2.31. The van der Waals surface area contributed by atoms with Crippen molar-refractivity contribution >= 4 is 28.9 Å². The molecule has 2 N–H and O–H groups in total. The van der Waals surface area contributed by atoms with Gasteiger partial charge in [0.25, 0.3) is 0 Å². The average Bonchev–Trinajstić information content (AvgIpc) is 2.28. The Morgan fingerprint density at radius 3 is 2.87 bits per heavy atom. The van der Waals surface area contributed by atoms with Crippen LogP contribution in [0.25, 0.3) is 0 Å². The van der Waals surface area contributed by atoms with Crippen LogP contribution >= 0.6 is 11.6 Å². The second-order valence-electron chi connectivity index (χ2n) is 4.35. The summed E-state index contributed by atoms with van der Waals surface area (Å²) in [4.78, 5) is 11.8. The van der Waals surface area contributed by atoms with E-state index in [-0.39, 0.29) is 5.91 Å². The molecular formula is C11H13ClN2O. The van der Waals surface area contributed by atoms with E-state index in [4.69, 9.17) is 11.6 Å². The van der Waals surface area contributed by atoms with E-state index in [2.05, 4.69) is 10.6 Å². The van der Waals surface area contributed by atoms with E-state index in [1.807, 2.05) is 26.0 Å². The molecule has 0 bridgehead atoms. The van der Waals surface area contributed by atoms with Crippen LogP contribution in [0.2, 0.25) is 5.02 Å². The third-order valence-electron chi connectivity index (χ3n) is 2.59. The zero-order valence-corrected chi connectivity index (χ0v) is 9.48. The number of para-hydroxylation sites is 1. The van der Waals surface area contributed by atoms with E-state index >= 15 is 0 Å². The summed E-state index contributed by atoms with van der Waals surface area (Å²) >= 11 is 6.02. The van der Waals surface area contributed by atoms with Gasteiger partial charge in [-0.15, -0.1) is 0 Å². The number of fused-ring (bicyclic) bond motifs is 1. The van der Waals surface area contributed by atoms with Crippen molar-refractivity contribution < 1.29 is 4.79 Å². The van der Waals surface area contributed by atoms with Crippen LogP contribution in [0.15, 0.2) is 18.2 Å². The highest BCUT2D eigenvalue weighted by atomic mass is 35.5. The first-order valence-electron chi connectivity index (χ1n) is 4.84. The number of carbonyl (C=O) groups is 1. The third-order valence-corrected chi connectivity index (χ3v) is 2.90. The van der Waals surface area contributed by atoms with Gasteiger partial charge in [0.1, 0.15) is 0 Å². The molecule has 0 aromatic heterocycles. The molecular weight excluding hydrogens is 212 g/mol. The standard InChI is InChI=1S/C11H13ClN2O/c1-11(2)6-13-8-5-3-4-7(12)9(8)14-10(11)15/h3-5,13H,6H2,1-2H3,(H,14,15). The predicted octanol–water partition coefficient (Wildman–Crippen LogP) is 2.73. The van der Waals surface area contributed by atoms with Gasteiger partial charge in [0.2, 0.25) is 5.91 Å². The van der Waals surface area contributed by atoms with Gasteiger partial charge in [-0.3, -0.25) is 4.79 Å². The Balaban J connectivity index is 2.45. The smallest absolute Gasteiger partial charge is 0.231 e. The third kappa shape index (κ3) is 1.79. The SMILES string of the molecule is CC1(C)CNc2cccc(Cl)c2NC1=O. The van der Waals surface area contributed by atoms with Crippen molar-refractivity contribution in [3.8, 4) is 0 Å². The Bertz CT molecular complexity index is 415. The van der Waals surface area contributed by atoms with E-state index in [1.165, 1.54) is 0 Å². The molecule has 2 rings (SSSR count). The van der Waals surface area contributed by atoms with Crippen molar-refractivity contribution in [3.05, 3.63) is 23.2 Å². The number of hydrogen-bond donors (Lipinski definition) is 2. The normalized spacial score (nSPS) is 18.5. The van der Waals surface area contributed by atoms with Crippen LogP contribution in [0.4, 0.5) is 11.4 Å². The Morgan fingerprint density at radius 2 is 2.13 bits per heavy atom. The first kappa shape index (κ1) is 10.3. The number of amides is 1. The van der Waals surface area contributed by atoms with Crippen molar-refractivity contribution in [1.29, 1.82) is 0 Å². The minimum Gasteiger partial charge on any atom is -0.382 e. The molecule has 1 heterocycles. The molecule has 1 aromatic carbocycles. The summed E-state index contributed by atoms with van der Waals surface area (Å²) in [5.41, 5.74) is 1.12. The summed E-state index contributed by atoms with van der Waals surface area (Å²) in [7, 11) is 0. The van der Waals surface area contributed by atoms with E-state index in [0.29, 0.717) is 17.3 Å². The highest BCUT2D eigenvalue weighted by Crippen LogP contribution is 2.34. The van der Waals surface area contributed by atoms with Gasteiger partial charge in [-0.2, -0.15) is 0 Å². The molecule has 0 aliphatic carbocycles. The fourth-order valence-corrected chi connectivity index (χ4v) is 1.70. The van der Waals surface area contributed by atoms with Crippen molar-refractivity contribution in [2.45, 2.75) is 13.8 Å². The summed E-state index contributed by atoms with van der Waals surface area (Å²) < 4.78 is 0. The molecule has 0 fully saturated rings. The van der Waals surface area contributed by atoms with E-state index in [9.17, 15) is 4.79 Å². The zero-order chi connectivity index (χ0) is 11.1. The molecule has 1 amide bonds. The lowest BCUT2D eigenvalue weighted by atomic mass is 9.93. The first-order valence-corrected chi connectivity index (χ1v) is 5.22. The molecule has 0 spiro atoms. The van der Waals surface area contributed by atoms with Crippen LogP contribution in [-0.4, -0.2) is 12.5 Å². The summed E-state index contributed by atoms with van der Waals surface area (Å²) in [6, 6.07) is 5.53. The number of halogens is 1. The number of carbonyl (C=O) groups excluding carboxylic acids is 1. The van der Waals surface area contributed by atoms with Crippen LogP contribution in [-0.2, 0) is 4.79 Å². The van der Waals surface area contributed by atoms with E-state index < -0.39 is 5.41 Å². The lowest BCUT2D eigenvalue weighted by Gasteiger charge is -2.19. The van der Waals surface area contributed by atoms with Crippen molar-refractivity contribution in [3.63, 3.8) is 0 Å². The van der Waals surface area contributed by atoms with E-state index in [1.54, 1.807) is 6.07 Å². The number of rotatable bonds is 0. The van der Waals surface area contributed by atoms with Crippen LogP contribution in [0, 0.1) is 5.41 Å². The fraction of sp³-hybridized carbons (Fsp3) is 0.364. The molecule has 1 aromatic rings. The molecule has 80 valence electrons. The molecule has 15 heavy (non-hydrogen) atoms. The molecule has 0 radical (unpaired) electrons. The molecule has 0 unspecified atom stereocenters. The number of nitrogens with one attached hydrogen (secondary N) is 2. The number of anilines is 2. The Hall–Kier alpha value is -1.22. The molecule has 3 nitrogen and oxygen atoms in total. The Kier molecular flexibility index (Phi) is 2.35. The molecule has 0 saturated carbocycles. The van der Waals surface area contributed by atoms with Crippen molar-refractivity contribution in [1.82, 2.24) is 0 Å². The van der Waals surface area contributed by atoms with E-state index in [0.717, 1.165) is 5.69 Å². The van der Waals surface area contributed by atoms with Crippen LogP contribution in [0.3, 0.4) is 0 Å². The van der Waals surface area contributed by atoms with Gasteiger partial charge in [0.15, 0.2) is 0 Å². The monoisotopic (exact) mass is 224 g/mol. The quantitative estimate of drug-likeness (QED) is 0.712. The van der Waals surface area contributed by atoms with Gasteiger partial charge in [-0.05, 0) is 26.0 Å². The Morgan fingerprint density at radius 1 is 1.40 bits per heavy atom. The van der Waals surface area contributed by atoms with Gasteiger partial charge in [-0.25, -0.2) is 0 Å². The van der Waals surface area contributed by atoms with Crippen LogP contribution in [0.5, 0.6) is 0 Å². The van der Waals surface area contributed by atoms with Gasteiger partial charge >= 0.3 is 0 Å². The molecule has 1 aliphatic heterocycles. The molecule has 0 atom stereocenters. The first-order chi connectivity index (χ1) is 7.00. The summed E-state index contributed by atoms with van der Waals surface area (Å²) in [6.45, 7) is 4.40. The highest BCUT2D eigenvalue weighted by molar-refractivity contribution is 6.34. The van der Waals surface area contributed by atoms with Crippen molar-refractivity contribution in [2.75, 3.05) is 17.2 Å². The maximum atomic E-state index is 11.8. The van der Waals surface area contributed by atoms with Crippen molar-refractivity contribution in [2.24, 2.45) is 5.41 Å². The number of benzene rings is 1. The average molecular weight is 225 g/mol. The zero-order valence-electron chi connectivity index (χ0n) is 8.73. The maximum Gasteiger partial charge on any atom is 0.231 e.